The number of methoxy groups -OCH3 is 2. The molecule has 0 unspecified atom stereocenters. The zero-order valence-electron chi connectivity index (χ0n) is 9.95. The Hall–Kier alpha value is -2.45. The number of aromatic nitrogens is 5. The monoisotopic (exact) mass is 252 g/mol. The molecular formula is C9H12N6O3. The topological polar surface area (TPSA) is 108 Å². The number of nitrogens with one attached hydrogen (secondary N) is 1. The van der Waals surface area contributed by atoms with E-state index in [1.807, 2.05) is 0 Å². The molecule has 0 saturated heterocycles. The van der Waals surface area contributed by atoms with E-state index >= 15 is 0 Å². The Morgan fingerprint density at radius 3 is 2.44 bits per heavy atom. The minimum Gasteiger partial charge on any atom is -0.467 e. The van der Waals surface area contributed by atoms with E-state index in [2.05, 4.69) is 30.4 Å². The Bertz CT molecular complexity index is 467. The van der Waals surface area contributed by atoms with Crippen molar-refractivity contribution >= 4 is 5.95 Å². The lowest BCUT2D eigenvalue weighted by Crippen LogP contribution is -2.10. The molecule has 9 heteroatoms. The molecule has 1 N–H and O–H groups in total. The maximum atomic E-state index is 4.93. The molecule has 2 aromatic rings. The molecule has 0 aliphatic heterocycles. The van der Waals surface area contributed by atoms with Crippen molar-refractivity contribution in [3.63, 3.8) is 0 Å². The van der Waals surface area contributed by atoms with Crippen LogP contribution in [0.2, 0.25) is 0 Å². The second-order valence-corrected chi connectivity index (χ2v) is 3.14. The zero-order valence-corrected chi connectivity index (χ0v) is 9.95. The lowest BCUT2D eigenvalue weighted by Gasteiger charge is -2.06. The minimum atomic E-state index is 0.183. The van der Waals surface area contributed by atoms with E-state index in [9.17, 15) is 0 Å². The van der Waals surface area contributed by atoms with Crippen LogP contribution in [0.15, 0.2) is 10.9 Å². The Kier molecular flexibility index (Phi) is 3.84. The summed E-state index contributed by atoms with van der Waals surface area (Å²) in [7, 11) is 2.94. The molecule has 0 aliphatic rings. The quantitative estimate of drug-likeness (QED) is 0.755. The first-order chi connectivity index (χ1) is 8.81. The predicted molar refractivity (Wildman–Crippen MR) is 59.4 cm³/mol. The number of hydrogen-bond acceptors (Lipinski definition) is 9. The van der Waals surface area contributed by atoms with Gasteiger partial charge in [0, 0.05) is 13.0 Å². The number of nitrogens with zero attached hydrogens (tertiary/aromatic N) is 5. The summed E-state index contributed by atoms with van der Waals surface area (Å²) in [5, 5.41) is 6.49. The van der Waals surface area contributed by atoms with Crippen molar-refractivity contribution in [1.82, 2.24) is 25.1 Å². The molecule has 0 aromatic carbocycles. The highest BCUT2D eigenvalue weighted by Crippen LogP contribution is 2.11. The molecule has 2 heterocycles. The Morgan fingerprint density at radius 1 is 1.17 bits per heavy atom. The van der Waals surface area contributed by atoms with Gasteiger partial charge in [-0.25, -0.2) is 0 Å². The second-order valence-electron chi connectivity index (χ2n) is 3.14. The summed E-state index contributed by atoms with van der Waals surface area (Å²) in [6.45, 7) is 0.540. The van der Waals surface area contributed by atoms with Gasteiger partial charge in [0.1, 0.15) is 0 Å². The molecule has 2 aromatic heterocycles. The maximum Gasteiger partial charge on any atom is 0.324 e. The molecule has 96 valence electrons. The summed E-state index contributed by atoms with van der Waals surface area (Å²) in [5.74, 6) is 0.897. The van der Waals surface area contributed by atoms with Crippen LogP contribution in [0, 0.1) is 0 Å². The van der Waals surface area contributed by atoms with Gasteiger partial charge in [-0.1, -0.05) is 5.16 Å². The van der Waals surface area contributed by atoms with E-state index in [1.165, 1.54) is 20.5 Å². The van der Waals surface area contributed by atoms with Crippen molar-refractivity contribution in [2.45, 2.75) is 6.42 Å². The average molecular weight is 252 g/mol. The third-order valence-electron chi connectivity index (χ3n) is 1.99. The molecule has 18 heavy (non-hydrogen) atoms. The van der Waals surface area contributed by atoms with Gasteiger partial charge in [0.25, 0.3) is 0 Å². The fraction of sp³-hybridized carbons (Fsp3) is 0.444. The second kappa shape index (κ2) is 5.75. The van der Waals surface area contributed by atoms with Crippen LogP contribution < -0.4 is 14.8 Å². The van der Waals surface area contributed by atoms with Crippen LogP contribution in [0.4, 0.5) is 5.95 Å². The largest absolute Gasteiger partial charge is 0.467 e. The standard InChI is InChI=1S/C9H12N6O3/c1-16-8-13-7(14-9(15-8)17-2)10-4-3-6-11-5-12-18-6/h5H,3-4H2,1-2H3,(H,10,13,14,15). The fourth-order valence-corrected chi connectivity index (χ4v) is 1.19. The molecule has 0 aliphatic carbocycles. The summed E-state index contributed by atoms with van der Waals surface area (Å²) < 4.78 is 14.7. The Balaban J connectivity index is 1.95. The maximum absolute atomic E-state index is 4.93. The van der Waals surface area contributed by atoms with Crippen molar-refractivity contribution in [1.29, 1.82) is 0 Å². The molecule has 0 fully saturated rings. The van der Waals surface area contributed by atoms with E-state index in [4.69, 9.17) is 14.0 Å². The van der Waals surface area contributed by atoms with Gasteiger partial charge in [-0.3, -0.25) is 0 Å². The van der Waals surface area contributed by atoms with Crippen LogP contribution in [-0.2, 0) is 6.42 Å². The van der Waals surface area contributed by atoms with E-state index in [0.29, 0.717) is 24.8 Å². The predicted octanol–water partition coefficient (Wildman–Crippen LogP) is -0.0736. The first-order valence-electron chi connectivity index (χ1n) is 5.15. The number of hydrogen-bond donors (Lipinski definition) is 1. The summed E-state index contributed by atoms with van der Waals surface area (Å²) in [6.07, 6.45) is 1.92. The number of ether oxygens (including phenoxy) is 2. The fourth-order valence-electron chi connectivity index (χ4n) is 1.19. The first-order valence-corrected chi connectivity index (χ1v) is 5.15. The van der Waals surface area contributed by atoms with Crippen molar-refractivity contribution in [2.75, 3.05) is 26.1 Å². The molecule has 9 nitrogen and oxygen atoms in total. The summed E-state index contributed by atoms with van der Waals surface area (Å²) in [6, 6.07) is 0.365. The molecule has 0 amide bonds. The lowest BCUT2D eigenvalue weighted by atomic mass is 10.4. The highest BCUT2D eigenvalue weighted by molar-refractivity contribution is 5.27. The highest BCUT2D eigenvalue weighted by atomic mass is 16.5. The van der Waals surface area contributed by atoms with Gasteiger partial charge < -0.3 is 19.3 Å². The van der Waals surface area contributed by atoms with E-state index in [0.717, 1.165) is 0 Å². The SMILES string of the molecule is COc1nc(NCCc2ncno2)nc(OC)n1. The molecule has 0 atom stereocenters. The average Bonchev–Trinajstić information content (AvgIpc) is 2.91. The molecule has 2 rings (SSSR count). The minimum absolute atomic E-state index is 0.183. The van der Waals surface area contributed by atoms with Gasteiger partial charge in [-0.2, -0.15) is 15.0 Å². The van der Waals surface area contributed by atoms with E-state index in [-0.39, 0.29) is 12.0 Å². The van der Waals surface area contributed by atoms with Gasteiger partial charge in [-0.05, 0) is 0 Å². The van der Waals surface area contributed by atoms with Crippen LogP contribution in [0.1, 0.15) is 5.89 Å². The van der Waals surface area contributed by atoms with E-state index < -0.39 is 0 Å². The van der Waals surface area contributed by atoms with Crippen LogP contribution >= 0.6 is 0 Å². The number of anilines is 1. The zero-order chi connectivity index (χ0) is 12.8. The summed E-state index contributed by atoms with van der Waals surface area (Å²) in [5.41, 5.74) is 0. The Morgan fingerprint density at radius 2 is 1.89 bits per heavy atom. The normalized spacial score (nSPS) is 10.1. The van der Waals surface area contributed by atoms with Gasteiger partial charge >= 0.3 is 12.0 Å². The summed E-state index contributed by atoms with van der Waals surface area (Å²) in [4.78, 5) is 15.8. The molecule has 0 bridgehead atoms. The van der Waals surface area contributed by atoms with Gasteiger partial charge in [0.2, 0.25) is 11.8 Å². The van der Waals surface area contributed by atoms with Crippen molar-refractivity contribution in [3.05, 3.63) is 12.2 Å². The van der Waals surface area contributed by atoms with Crippen LogP contribution in [-0.4, -0.2) is 45.9 Å². The van der Waals surface area contributed by atoms with Crippen molar-refractivity contribution in [3.8, 4) is 12.0 Å². The first kappa shape index (κ1) is 12.0. The molecule has 0 radical (unpaired) electrons. The smallest absolute Gasteiger partial charge is 0.324 e. The Labute approximate surface area is 103 Å². The molecule has 0 spiro atoms. The third-order valence-corrected chi connectivity index (χ3v) is 1.99. The third kappa shape index (κ3) is 3.03. The van der Waals surface area contributed by atoms with Crippen LogP contribution in [0.5, 0.6) is 12.0 Å². The van der Waals surface area contributed by atoms with Gasteiger partial charge in [-0.15, -0.1) is 4.98 Å². The highest BCUT2D eigenvalue weighted by Gasteiger charge is 2.07. The lowest BCUT2D eigenvalue weighted by molar-refractivity contribution is 0.341. The van der Waals surface area contributed by atoms with Crippen LogP contribution in [0.25, 0.3) is 0 Å². The number of rotatable bonds is 6. The molecule has 0 saturated carbocycles. The van der Waals surface area contributed by atoms with Gasteiger partial charge in [0.05, 0.1) is 14.2 Å². The van der Waals surface area contributed by atoms with Crippen LogP contribution in [0.3, 0.4) is 0 Å². The van der Waals surface area contributed by atoms with E-state index in [1.54, 1.807) is 0 Å². The summed E-state index contributed by atoms with van der Waals surface area (Å²) >= 11 is 0. The van der Waals surface area contributed by atoms with Crippen molar-refractivity contribution in [2.24, 2.45) is 0 Å². The molecular weight excluding hydrogens is 240 g/mol. The van der Waals surface area contributed by atoms with Crippen molar-refractivity contribution < 1.29 is 14.0 Å². The van der Waals surface area contributed by atoms with Gasteiger partial charge in [0.15, 0.2) is 6.33 Å².